The van der Waals surface area contributed by atoms with E-state index in [4.69, 9.17) is 10.00 Å². The molecule has 0 bridgehead atoms. The lowest BCUT2D eigenvalue weighted by molar-refractivity contribution is -0.119. The van der Waals surface area contributed by atoms with Crippen LogP contribution in [-0.4, -0.2) is 30.6 Å². The van der Waals surface area contributed by atoms with Crippen LogP contribution in [0.4, 0.5) is 4.39 Å². The zero-order valence-electron chi connectivity index (χ0n) is 17.1. The zero-order chi connectivity index (χ0) is 21.2. The van der Waals surface area contributed by atoms with Crippen molar-refractivity contribution >= 4 is 6.41 Å². The number of hydrogen-bond acceptors (Lipinski definition) is 3. The minimum atomic E-state index is -0.259. The Bertz CT molecular complexity index is 773. The number of carbonyl (C=O) groups excluding carboxylic acids is 1. The largest absolute Gasteiger partial charge is 0.378 e. The average molecular weight is 397 g/mol. The molecule has 5 heteroatoms. The van der Waals surface area contributed by atoms with Crippen molar-refractivity contribution in [2.24, 2.45) is 5.92 Å². The lowest BCUT2D eigenvalue weighted by Crippen LogP contribution is -2.34. The first kappa shape index (κ1) is 22.6. The van der Waals surface area contributed by atoms with E-state index in [0.717, 1.165) is 36.5 Å². The molecule has 0 saturated carbocycles. The summed E-state index contributed by atoms with van der Waals surface area (Å²) in [6.45, 7) is 9.56. The van der Waals surface area contributed by atoms with Gasteiger partial charge in [-0.1, -0.05) is 43.3 Å². The minimum Gasteiger partial charge on any atom is -0.378 e. The molecule has 1 amide bonds. The maximum Gasteiger partial charge on any atom is 0.210 e. The second-order valence-electron chi connectivity index (χ2n) is 7.57. The quantitative estimate of drug-likeness (QED) is 0.679. The van der Waals surface area contributed by atoms with E-state index in [9.17, 15) is 9.18 Å². The lowest BCUT2D eigenvalue weighted by Gasteiger charge is -2.35. The van der Waals surface area contributed by atoms with Crippen molar-refractivity contribution in [3.8, 4) is 6.57 Å². The van der Waals surface area contributed by atoms with Crippen LogP contribution in [0.1, 0.15) is 49.4 Å². The van der Waals surface area contributed by atoms with Crippen molar-refractivity contribution in [1.29, 1.82) is 5.26 Å². The van der Waals surface area contributed by atoms with Gasteiger partial charge in [0.2, 0.25) is 6.41 Å². The number of amides is 1. The molecule has 1 fully saturated rings. The fourth-order valence-corrected chi connectivity index (χ4v) is 3.73. The number of halogens is 1. The Kier molecular flexibility index (Phi) is 8.82. The molecule has 154 valence electrons. The van der Waals surface area contributed by atoms with Crippen LogP contribution in [0.25, 0.3) is 0 Å². The molecule has 2 aliphatic rings. The molecule has 0 aromatic heterocycles. The van der Waals surface area contributed by atoms with Crippen molar-refractivity contribution in [3.63, 3.8) is 0 Å². The fourth-order valence-electron chi connectivity index (χ4n) is 3.73. The smallest absolute Gasteiger partial charge is 0.210 e. The van der Waals surface area contributed by atoms with Gasteiger partial charge in [-0.25, -0.2) is 9.65 Å². The maximum atomic E-state index is 13.0. The second kappa shape index (κ2) is 11.3. The van der Waals surface area contributed by atoms with Crippen LogP contribution in [0.3, 0.4) is 0 Å². The highest BCUT2D eigenvalue weighted by Gasteiger charge is 2.27. The lowest BCUT2D eigenvalue weighted by atomic mass is 9.88. The highest BCUT2D eigenvalue weighted by Crippen LogP contribution is 2.34. The molecule has 1 saturated heterocycles. The molecular weight excluding hydrogens is 367 g/mol. The molecule has 2 heterocycles. The summed E-state index contributed by atoms with van der Waals surface area (Å²) in [6.07, 6.45) is 4.87. The van der Waals surface area contributed by atoms with Gasteiger partial charge in [-0.05, 0) is 60.9 Å². The van der Waals surface area contributed by atoms with Crippen LogP contribution in [0.15, 0.2) is 48.5 Å². The van der Waals surface area contributed by atoms with Gasteiger partial charge in [-0.2, -0.15) is 0 Å². The molecule has 0 radical (unpaired) electrons. The van der Waals surface area contributed by atoms with Gasteiger partial charge in [0.1, 0.15) is 5.82 Å². The molecule has 0 N–H and O–H groups in total. The summed E-state index contributed by atoms with van der Waals surface area (Å²) in [4.78, 5) is 13.0. The molecule has 0 spiro atoms. The topological polar surface area (TPSA) is 53.3 Å². The van der Waals surface area contributed by atoms with Crippen LogP contribution >= 0.6 is 0 Å². The summed E-state index contributed by atoms with van der Waals surface area (Å²) >= 11 is 0. The van der Waals surface area contributed by atoms with E-state index in [-0.39, 0.29) is 11.9 Å². The summed E-state index contributed by atoms with van der Waals surface area (Å²) in [5, 5.41) is 6.50. The summed E-state index contributed by atoms with van der Waals surface area (Å²) in [6, 6.07) is 14.4. The van der Waals surface area contributed by atoms with Gasteiger partial charge >= 0.3 is 0 Å². The van der Waals surface area contributed by atoms with E-state index in [2.05, 4.69) is 26.5 Å². The summed E-state index contributed by atoms with van der Waals surface area (Å²) in [5.74, 6) is 0.539. The van der Waals surface area contributed by atoms with Crippen LogP contribution in [-0.2, 0) is 16.0 Å². The molecule has 4 rings (SSSR count). The van der Waals surface area contributed by atoms with E-state index in [1.807, 2.05) is 18.2 Å². The number of hydrogen-bond donors (Lipinski definition) is 0. The highest BCUT2D eigenvalue weighted by atomic mass is 19.1. The number of nitriles is 1. The molecule has 3 atom stereocenters. The first-order chi connectivity index (χ1) is 14.1. The average Bonchev–Trinajstić information content (AvgIpc) is 2.77. The molecule has 4 nitrogen and oxygen atoms in total. The molecule has 0 aliphatic carbocycles. The molecule has 29 heavy (non-hydrogen) atoms. The van der Waals surface area contributed by atoms with Gasteiger partial charge in [-0.15, -0.1) is 0 Å². The first-order valence-electron chi connectivity index (χ1n) is 10.00. The number of ether oxygens (including phenoxy) is 1. The zero-order valence-corrected chi connectivity index (χ0v) is 17.1. The Morgan fingerprint density at radius 1 is 1.10 bits per heavy atom. The van der Waals surface area contributed by atoms with E-state index in [0.29, 0.717) is 12.6 Å². The van der Waals surface area contributed by atoms with E-state index in [1.165, 1.54) is 30.5 Å². The van der Waals surface area contributed by atoms with Crippen molar-refractivity contribution in [2.75, 3.05) is 13.2 Å². The normalized spacial score (nSPS) is 22.8. The minimum absolute atomic E-state index is 0.108. The Balaban J connectivity index is 0.000000252. The third-order valence-corrected chi connectivity index (χ3v) is 5.37. The predicted octanol–water partition coefficient (Wildman–Crippen LogP) is 4.89. The van der Waals surface area contributed by atoms with Crippen LogP contribution in [0.2, 0.25) is 0 Å². The van der Waals surface area contributed by atoms with Crippen LogP contribution < -0.4 is 0 Å². The Hall–Kier alpha value is -2.71. The summed E-state index contributed by atoms with van der Waals surface area (Å²) in [5.41, 5.74) is 3.34. The van der Waals surface area contributed by atoms with Gasteiger partial charge in [-0.3, -0.25) is 4.79 Å². The molecule has 2 aromatic carbocycles. The Morgan fingerprint density at radius 3 is 2.38 bits per heavy atom. The third kappa shape index (κ3) is 6.13. The first-order valence-corrected chi connectivity index (χ1v) is 10.00. The molecule has 2 aliphatic heterocycles. The Morgan fingerprint density at radius 2 is 1.79 bits per heavy atom. The second-order valence-corrected chi connectivity index (χ2v) is 7.57. The van der Waals surface area contributed by atoms with E-state index in [1.54, 1.807) is 17.0 Å². The number of benzene rings is 2. The molecular formula is C24H29FN2O2. The summed E-state index contributed by atoms with van der Waals surface area (Å²) < 4.78 is 18.4. The van der Waals surface area contributed by atoms with Crippen LogP contribution in [0.5, 0.6) is 0 Å². The number of rotatable bonds is 2. The van der Waals surface area contributed by atoms with Gasteiger partial charge in [0.25, 0.3) is 0 Å². The van der Waals surface area contributed by atoms with Crippen molar-refractivity contribution in [2.45, 2.75) is 45.3 Å². The van der Waals surface area contributed by atoms with E-state index < -0.39 is 0 Å². The number of carbonyl (C=O) groups is 1. The van der Waals surface area contributed by atoms with Gasteiger partial charge in [0.15, 0.2) is 0 Å². The van der Waals surface area contributed by atoms with Crippen molar-refractivity contribution in [3.05, 3.63) is 71.0 Å². The van der Waals surface area contributed by atoms with Crippen LogP contribution in [0, 0.1) is 23.6 Å². The Labute approximate surface area is 172 Å². The van der Waals surface area contributed by atoms with E-state index >= 15 is 0 Å². The third-order valence-electron chi connectivity index (χ3n) is 5.37. The van der Waals surface area contributed by atoms with Gasteiger partial charge in [0.05, 0.1) is 12.1 Å². The van der Waals surface area contributed by atoms with Crippen molar-refractivity contribution in [1.82, 2.24) is 4.90 Å². The number of nitrogens with zero attached hydrogens (tertiary/aromatic N) is 2. The fraction of sp³-hybridized carbons (Fsp3) is 0.417. The monoisotopic (exact) mass is 396 g/mol. The predicted molar refractivity (Wildman–Crippen MR) is 112 cm³/mol. The molecule has 2 aromatic rings. The maximum absolute atomic E-state index is 13.0. The van der Waals surface area contributed by atoms with Crippen molar-refractivity contribution < 1.29 is 13.9 Å². The van der Waals surface area contributed by atoms with Gasteiger partial charge in [0, 0.05) is 19.7 Å². The highest BCUT2D eigenvalue weighted by molar-refractivity contribution is 5.54. The standard InChI is InChI=1S/C16H14FNO.C7H14O.CHN/c17-14-7-5-13(6-8-14)16-15-4-2-1-3-12(15)9-10-18(16)11-19;1-6-3-4-7(2)8-5-6;1-2/h1-8,11,16H,9-10H2;6-7H,3-5H2,1-2H3;1H/t16-;6-,7-;/m00./s1. The number of fused-ring (bicyclic) bond motifs is 1. The van der Waals surface area contributed by atoms with Gasteiger partial charge < -0.3 is 9.64 Å². The molecule has 0 unspecified atom stereocenters. The SMILES string of the molecule is C#N.C[C@H]1CC[C@H](C)OC1.O=CN1CCc2ccccc2[C@@H]1c1ccc(F)cc1. The summed E-state index contributed by atoms with van der Waals surface area (Å²) in [7, 11) is 0.